The van der Waals surface area contributed by atoms with Crippen LogP contribution in [0.25, 0.3) is 0 Å². The van der Waals surface area contributed by atoms with Gasteiger partial charge in [-0.2, -0.15) is 0 Å². The molecule has 1 aromatic rings. The van der Waals surface area contributed by atoms with Crippen molar-refractivity contribution in [1.29, 1.82) is 0 Å². The first-order valence-electron chi connectivity index (χ1n) is 5.57. The van der Waals surface area contributed by atoms with Gasteiger partial charge in [0, 0.05) is 19.3 Å². The summed E-state index contributed by atoms with van der Waals surface area (Å²) in [7, 11) is 1.70. The lowest BCUT2D eigenvalue weighted by molar-refractivity contribution is 0.184. The summed E-state index contributed by atoms with van der Waals surface area (Å²) < 4.78 is 5.18. The minimum Gasteiger partial charge on any atom is -0.409 e. The number of oxime groups is 1. The number of ether oxygens (including phenoxy) is 1. The predicted molar refractivity (Wildman–Crippen MR) is 66.5 cm³/mol. The first kappa shape index (κ1) is 11.7. The van der Waals surface area contributed by atoms with Crippen molar-refractivity contribution in [2.24, 2.45) is 10.9 Å². The third kappa shape index (κ3) is 2.34. The Balaban J connectivity index is 2.23. The van der Waals surface area contributed by atoms with Gasteiger partial charge < -0.3 is 20.6 Å². The number of amidine groups is 1. The predicted octanol–water partition coefficient (Wildman–Crippen LogP) is 0.942. The van der Waals surface area contributed by atoms with Crippen LogP contribution in [0.1, 0.15) is 11.1 Å². The molecular weight excluding hydrogens is 218 g/mol. The van der Waals surface area contributed by atoms with Crippen LogP contribution in [0.4, 0.5) is 5.69 Å². The SMILES string of the molecule is COCc1cccc2c1CCN2CC(N)=NO. The highest BCUT2D eigenvalue weighted by Gasteiger charge is 2.21. The average Bonchev–Trinajstić information content (AvgIpc) is 2.74. The number of hydrogen-bond donors (Lipinski definition) is 2. The molecule has 0 spiro atoms. The van der Waals surface area contributed by atoms with Gasteiger partial charge in [-0.3, -0.25) is 0 Å². The molecule has 3 N–H and O–H groups in total. The van der Waals surface area contributed by atoms with Crippen LogP contribution < -0.4 is 10.6 Å². The van der Waals surface area contributed by atoms with E-state index in [2.05, 4.69) is 22.2 Å². The zero-order valence-electron chi connectivity index (χ0n) is 9.89. The highest BCUT2D eigenvalue weighted by molar-refractivity contribution is 5.85. The topological polar surface area (TPSA) is 71.1 Å². The van der Waals surface area contributed by atoms with Crippen LogP contribution in [0.15, 0.2) is 23.4 Å². The number of anilines is 1. The van der Waals surface area contributed by atoms with E-state index >= 15 is 0 Å². The molecule has 0 fully saturated rings. The van der Waals surface area contributed by atoms with Gasteiger partial charge in [0.05, 0.1) is 13.2 Å². The Morgan fingerprint density at radius 2 is 2.41 bits per heavy atom. The maximum atomic E-state index is 8.60. The van der Waals surface area contributed by atoms with E-state index in [-0.39, 0.29) is 5.84 Å². The maximum absolute atomic E-state index is 8.60. The number of nitrogens with zero attached hydrogens (tertiary/aromatic N) is 2. The van der Waals surface area contributed by atoms with E-state index in [1.807, 2.05) is 6.07 Å². The molecule has 5 nitrogen and oxygen atoms in total. The molecular formula is C12H17N3O2. The number of fused-ring (bicyclic) bond motifs is 1. The van der Waals surface area contributed by atoms with Crippen molar-refractivity contribution in [1.82, 2.24) is 0 Å². The highest BCUT2D eigenvalue weighted by atomic mass is 16.5. The minimum atomic E-state index is 0.231. The van der Waals surface area contributed by atoms with Gasteiger partial charge in [0.15, 0.2) is 5.84 Å². The van der Waals surface area contributed by atoms with E-state index in [4.69, 9.17) is 15.7 Å². The number of rotatable bonds is 4. The molecule has 0 aromatic heterocycles. The Bertz CT molecular complexity index is 432. The lowest BCUT2D eigenvalue weighted by atomic mass is 10.1. The molecule has 0 unspecified atom stereocenters. The van der Waals surface area contributed by atoms with Crippen molar-refractivity contribution >= 4 is 11.5 Å². The summed E-state index contributed by atoms with van der Waals surface area (Å²) in [5, 5.41) is 11.6. The van der Waals surface area contributed by atoms with Crippen molar-refractivity contribution in [2.45, 2.75) is 13.0 Å². The summed E-state index contributed by atoms with van der Waals surface area (Å²) in [4.78, 5) is 2.11. The molecule has 2 rings (SSSR count). The Labute approximate surface area is 100 Å². The molecule has 1 aliphatic heterocycles. The van der Waals surface area contributed by atoms with Crippen LogP contribution in [-0.2, 0) is 17.8 Å². The molecule has 0 radical (unpaired) electrons. The van der Waals surface area contributed by atoms with Gasteiger partial charge >= 0.3 is 0 Å². The van der Waals surface area contributed by atoms with E-state index in [0.717, 1.165) is 18.7 Å². The number of nitrogens with two attached hydrogens (primary N) is 1. The number of hydrogen-bond acceptors (Lipinski definition) is 4. The van der Waals surface area contributed by atoms with Crippen LogP contribution >= 0.6 is 0 Å². The van der Waals surface area contributed by atoms with Crippen molar-refractivity contribution in [3.63, 3.8) is 0 Å². The molecule has 1 aliphatic rings. The number of benzene rings is 1. The zero-order valence-corrected chi connectivity index (χ0v) is 9.89. The second-order valence-electron chi connectivity index (χ2n) is 4.11. The molecule has 1 heterocycles. The summed E-state index contributed by atoms with van der Waals surface area (Å²) in [5.41, 5.74) is 9.22. The van der Waals surface area contributed by atoms with Crippen LogP contribution in [0.5, 0.6) is 0 Å². The van der Waals surface area contributed by atoms with Gasteiger partial charge in [0.1, 0.15) is 0 Å². The monoisotopic (exact) mass is 235 g/mol. The molecule has 92 valence electrons. The van der Waals surface area contributed by atoms with Gasteiger partial charge in [0.2, 0.25) is 0 Å². The molecule has 0 saturated carbocycles. The molecule has 0 atom stereocenters. The molecule has 0 saturated heterocycles. The maximum Gasteiger partial charge on any atom is 0.158 e. The van der Waals surface area contributed by atoms with E-state index in [9.17, 15) is 0 Å². The second-order valence-corrected chi connectivity index (χ2v) is 4.11. The fourth-order valence-electron chi connectivity index (χ4n) is 2.26. The molecule has 17 heavy (non-hydrogen) atoms. The minimum absolute atomic E-state index is 0.231. The fraction of sp³-hybridized carbons (Fsp3) is 0.417. The summed E-state index contributed by atoms with van der Waals surface area (Å²) >= 11 is 0. The van der Waals surface area contributed by atoms with E-state index in [0.29, 0.717) is 13.2 Å². The largest absolute Gasteiger partial charge is 0.409 e. The summed E-state index contributed by atoms with van der Waals surface area (Å²) in [6.07, 6.45) is 0.980. The number of methoxy groups -OCH3 is 1. The van der Waals surface area contributed by atoms with Gasteiger partial charge in [-0.05, 0) is 23.6 Å². The van der Waals surface area contributed by atoms with E-state index in [1.165, 1.54) is 11.1 Å². The Morgan fingerprint density at radius 1 is 1.59 bits per heavy atom. The first-order chi connectivity index (χ1) is 8.26. The summed E-state index contributed by atoms with van der Waals surface area (Å²) in [5.74, 6) is 0.231. The molecule has 1 aromatic carbocycles. The lowest BCUT2D eigenvalue weighted by Crippen LogP contribution is -2.32. The Hall–Kier alpha value is -1.75. The third-order valence-electron chi connectivity index (χ3n) is 3.00. The van der Waals surface area contributed by atoms with Gasteiger partial charge in [0.25, 0.3) is 0 Å². The normalized spacial score (nSPS) is 15.1. The van der Waals surface area contributed by atoms with Crippen molar-refractivity contribution < 1.29 is 9.94 Å². The smallest absolute Gasteiger partial charge is 0.158 e. The second kappa shape index (κ2) is 5.05. The van der Waals surface area contributed by atoms with Crippen molar-refractivity contribution in [3.05, 3.63) is 29.3 Å². The van der Waals surface area contributed by atoms with Crippen LogP contribution in [0, 0.1) is 0 Å². The van der Waals surface area contributed by atoms with Gasteiger partial charge in [-0.1, -0.05) is 17.3 Å². The van der Waals surface area contributed by atoms with Gasteiger partial charge in [-0.15, -0.1) is 0 Å². The quantitative estimate of drug-likeness (QED) is 0.353. The highest BCUT2D eigenvalue weighted by Crippen LogP contribution is 2.30. The average molecular weight is 235 g/mol. The molecule has 0 aliphatic carbocycles. The van der Waals surface area contributed by atoms with Crippen LogP contribution in [0.3, 0.4) is 0 Å². The van der Waals surface area contributed by atoms with E-state index < -0.39 is 0 Å². The Morgan fingerprint density at radius 3 is 3.12 bits per heavy atom. The lowest BCUT2D eigenvalue weighted by Gasteiger charge is -2.18. The standard InChI is InChI=1S/C12H17N3O2/c1-17-8-9-3-2-4-11-10(9)5-6-15(11)7-12(13)14-16/h2-4,16H,5-8H2,1H3,(H2,13,14). The van der Waals surface area contributed by atoms with Gasteiger partial charge in [-0.25, -0.2) is 0 Å². The van der Waals surface area contributed by atoms with E-state index in [1.54, 1.807) is 7.11 Å². The van der Waals surface area contributed by atoms with Crippen LogP contribution in [-0.4, -0.2) is 31.2 Å². The first-order valence-corrected chi connectivity index (χ1v) is 5.57. The zero-order chi connectivity index (χ0) is 12.3. The fourth-order valence-corrected chi connectivity index (χ4v) is 2.26. The van der Waals surface area contributed by atoms with Crippen molar-refractivity contribution in [3.8, 4) is 0 Å². The molecule has 0 bridgehead atoms. The van der Waals surface area contributed by atoms with Crippen molar-refractivity contribution in [2.75, 3.05) is 25.1 Å². The molecule has 5 heteroatoms. The van der Waals surface area contributed by atoms with Crippen LogP contribution in [0.2, 0.25) is 0 Å². The third-order valence-corrected chi connectivity index (χ3v) is 3.00. The molecule has 0 amide bonds. The summed E-state index contributed by atoms with van der Waals surface area (Å²) in [6.45, 7) is 1.98. The summed E-state index contributed by atoms with van der Waals surface area (Å²) in [6, 6.07) is 6.15. The Kier molecular flexibility index (Phi) is 3.49.